The van der Waals surface area contributed by atoms with E-state index >= 15 is 0 Å². The predicted octanol–water partition coefficient (Wildman–Crippen LogP) is 18.6. The number of carbonyl (C=O) groups is 2. The summed E-state index contributed by atoms with van der Waals surface area (Å²) in [6, 6.07) is 45.3. The summed E-state index contributed by atoms with van der Waals surface area (Å²) in [5.74, 6) is 4.19. The van der Waals surface area contributed by atoms with E-state index in [-0.39, 0.29) is 58.7 Å². The van der Waals surface area contributed by atoms with Crippen LogP contribution in [0.1, 0.15) is 122 Å². The molecular formula is C94H104Cl2N24O4S2. The Balaban J connectivity index is 0.000000143. The number of ether oxygens (including phenoxy) is 1. The van der Waals surface area contributed by atoms with Crippen LogP contribution in [0.2, 0.25) is 10.0 Å². The summed E-state index contributed by atoms with van der Waals surface area (Å²) in [4.78, 5) is 93.2. The molecule has 1 atom stereocenters. The predicted molar refractivity (Wildman–Crippen MR) is 513 cm³/mol. The largest absolute Gasteiger partial charge is 0.382 e. The highest BCUT2D eigenvalue weighted by Crippen LogP contribution is 2.39. The molecule has 126 heavy (non-hydrogen) atoms. The zero-order valence-electron chi connectivity index (χ0n) is 69.1. The van der Waals surface area contributed by atoms with Crippen LogP contribution in [0, 0.1) is 19.3 Å². The molecule has 2 fully saturated rings. The molecule has 0 saturated carbocycles. The molecule has 0 radical (unpaired) electrons. The number of piperidine rings is 1. The third-order valence-electron chi connectivity index (χ3n) is 22.0. The Kier molecular flexibility index (Phi) is 29.1. The fraction of sp³-hybridized carbons (Fsp3) is 0.287. The second-order valence-electron chi connectivity index (χ2n) is 31.1. The highest BCUT2D eigenvalue weighted by molar-refractivity contribution is 7.19. The van der Waals surface area contributed by atoms with Crippen LogP contribution in [0.25, 0.3) is 93.9 Å². The first kappa shape index (κ1) is 90.7. The molecule has 8 N–H and O–H groups in total. The van der Waals surface area contributed by atoms with Gasteiger partial charge in [-0.25, -0.2) is 54.3 Å². The van der Waals surface area contributed by atoms with Crippen LogP contribution in [0.15, 0.2) is 204 Å². The minimum atomic E-state index is -0.402. The number of hydrogen-bond donors (Lipinski definition) is 6. The number of nitrogens with two attached hydrogens (primary N) is 2. The van der Waals surface area contributed by atoms with Crippen LogP contribution in [0.5, 0.6) is 0 Å². The van der Waals surface area contributed by atoms with E-state index in [2.05, 4.69) is 139 Å². The molecule has 650 valence electrons. The van der Waals surface area contributed by atoms with Crippen LogP contribution in [-0.4, -0.2) is 148 Å². The second-order valence-corrected chi connectivity index (χ2v) is 33.8. The molecule has 5 aromatic carbocycles. The van der Waals surface area contributed by atoms with Gasteiger partial charge in [-0.1, -0.05) is 168 Å². The number of likely N-dealkylation sites (tertiary alicyclic amines) is 1. The molecule has 0 bridgehead atoms. The van der Waals surface area contributed by atoms with Crippen molar-refractivity contribution in [3.63, 3.8) is 0 Å². The van der Waals surface area contributed by atoms with Gasteiger partial charge < -0.3 is 46.2 Å². The van der Waals surface area contributed by atoms with E-state index in [0.29, 0.717) is 62.3 Å². The first-order valence-corrected chi connectivity index (χ1v) is 43.2. The summed E-state index contributed by atoms with van der Waals surface area (Å²) >= 11 is 15.5. The Labute approximate surface area is 750 Å². The number of nitrogen functional groups attached to an aromatic ring is 2. The molecule has 32 heteroatoms. The number of benzene rings is 5. The van der Waals surface area contributed by atoms with Gasteiger partial charge in [0.25, 0.3) is 5.56 Å². The van der Waals surface area contributed by atoms with Gasteiger partial charge in [0.2, 0.25) is 11.9 Å². The summed E-state index contributed by atoms with van der Waals surface area (Å²) < 4.78 is 14.2. The van der Waals surface area contributed by atoms with Crippen LogP contribution in [-0.2, 0) is 35.6 Å². The van der Waals surface area contributed by atoms with E-state index in [4.69, 9.17) is 59.3 Å². The molecule has 1 aliphatic carbocycles. The number of morpholine rings is 1. The molecule has 13 heterocycles. The maximum atomic E-state index is 13.3. The van der Waals surface area contributed by atoms with Crippen LogP contribution >= 0.6 is 45.9 Å². The van der Waals surface area contributed by atoms with E-state index in [0.717, 1.165) is 175 Å². The molecule has 10 aromatic heterocycles. The topological polar surface area (TPSA) is 341 Å². The number of halogens is 2. The molecular weight excluding hydrogens is 1660 g/mol. The number of carbonyl (C=O) groups excluding carboxylic acids is 2. The number of nitrogens with one attached hydrogen (secondary N) is 4. The SMILES string of the molecule is C.C.C.CC(c1cc2ccsc2c(=O)n1-c1ccccc1)n1cnc2c(N)ncnc21.CC1=CC(NC(=O)CCNC(=O)Nc2nc(C)c(-c3ccc(-n4cccn4)cc3)s2)=NC1.CCn1c(CN2CCC(C)(C)CC2)nc2c(N3CCOCC3)nc(-c3cccc4c3C=CC4)nc21.Cc1cccc2cc(CNc3nc(N)ncc3Cl)c(-c3ccccc3Cl)nc12. The van der Waals surface area contributed by atoms with Crippen molar-refractivity contribution in [1.29, 1.82) is 0 Å². The van der Waals surface area contributed by atoms with E-state index in [9.17, 15) is 14.4 Å². The first-order chi connectivity index (χ1) is 59.7. The van der Waals surface area contributed by atoms with Crippen LogP contribution in [0.3, 0.4) is 0 Å². The maximum Gasteiger partial charge on any atom is 0.321 e. The molecule has 15 aromatic rings. The van der Waals surface area contributed by atoms with Gasteiger partial charge in [0.1, 0.15) is 33.2 Å². The van der Waals surface area contributed by atoms with Crippen LogP contribution < -0.4 is 43.2 Å². The Hall–Kier alpha value is -13.0. The van der Waals surface area contributed by atoms with Gasteiger partial charge in [-0.3, -0.25) is 29.4 Å². The van der Waals surface area contributed by atoms with E-state index < -0.39 is 6.03 Å². The van der Waals surface area contributed by atoms with E-state index in [1.54, 1.807) is 21.8 Å². The number of aryl methyl sites for hydroxylation is 3. The van der Waals surface area contributed by atoms with Gasteiger partial charge in [0.05, 0.1) is 72.3 Å². The highest BCUT2D eigenvalue weighted by Gasteiger charge is 2.30. The van der Waals surface area contributed by atoms with Crippen molar-refractivity contribution >= 4 is 142 Å². The third kappa shape index (κ3) is 20.3. The number of amidine groups is 1. The summed E-state index contributed by atoms with van der Waals surface area (Å²) in [5, 5.41) is 21.1. The van der Waals surface area contributed by atoms with Gasteiger partial charge >= 0.3 is 6.03 Å². The minimum Gasteiger partial charge on any atom is -0.382 e. The lowest BCUT2D eigenvalue weighted by Crippen LogP contribution is -2.37. The number of thiazole rings is 1. The standard InChI is InChI=1S/C28H36N6O.C22H23N7O2S.C21H17Cl2N5.C20H16N6OS.3CH4/c1-4-34-23(19-32-13-11-28(2,3)12-14-32)29-24-26(33-15-17-35-18-16-33)30-25(31-27(24)34)22-10-6-8-20-7-5-9-21(20)22;1-14-12-18(24-13-14)27-19(30)8-10-23-21(31)28-22-26-15(2)20(32-22)16-4-6-17(7-5-16)29-11-3-9-25-29;1-12-5-4-6-13-9-14(10-25-20-17(23)11-26-21(24)28-20)19(27-18(12)13)15-7-2-3-8-16(15)22;1-12(25-11-24-16-18(21)22-10-23-19(16)25)15-9-13-7-8-28-17(13)20(27)26(15)14-5-3-2-4-6-14;;;/h5-6,8-10H,4,7,11-19H2,1-3H3;3-7,9,11-12H,8,10,13H2,1-2H3,(H,24,27,30)(H2,23,26,28,31);2-9,11H,10H2,1H3,(H3,24,25,26,28);2-12H,1H3,(H2,21,22,23);3*1H4. The molecule has 3 aliphatic heterocycles. The number of para-hydroxylation sites is 2. The molecule has 3 amide bonds. The molecule has 19 rings (SSSR count). The number of anilines is 5. The van der Waals surface area contributed by atoms with Crippen molar-refractivity contribution in [2.75, 3.05) is 79.5 Å². The van der Waals surface area contributed by atoms with Gasteiger partial charge in [-0.2, -0.15) is 10.1 Å². The van der Waals surface area contributed by atoms with E-state index in [1.165, 1.54) is 59.2 Å². The number of fused-ring (bicyclic) bond motifs is 5. The molecule has 0 spiro atoms. The zero-order chi connectivity index (χ0) is 85.4. The Bertz CT molecular complexity index is 6560. The van der Waals surface area contributed by atoms with Gasteiger partial charge in [-0.15, -0.1) is 11.3 Å². The van der Waals surface area contributed by atoms with Crippen molar-refractivity contribution in [1.82, 2.24) is 88.9 Å². The fourth-order valence-electron chi connectivity index (χ4n) is 15.3. The lowest BCUT2D eigenvalue weighted by atomic mass is 9.83. The number of aliphatic imine (C=N–C) groups is 1. The third-order valence-corrected chi connectivity index (χ3v) is 24.6. The monoisotopic (exact) mass is 1770 g/mol. The minimum absolute atomic E-state index is 0. The Morgan fingerprint density at radius 2 is 1.51 bits per heavy atom. The maximum absolute atomic E-state index is 13.3. The number of pyridine rings is 2. The number of amides is 3. The number of imidazole rings is 2. The average Bonchev–Trinajstić information content (AvgIpc) is 1.48. The number of rotatable bonds is 18. The summed E-state index contributed by atoms with van der Waals surface area (Å²) in [6.45, 7) is 23.2. The first-order valence-electron chi connectivity index (χ1n) is 40.7. The van der Waals surface area contributed by atoms with Gasteiger partial charge in [-0.05, 0) is 177 Å². The summed E-state index contributed by atoms with van der Waals surface area (Å²) in [7, 11) is 0. The number of allylic oxidation sites excluding steroid dienone is 1. The molecule has 1 unspecified atom stereocenters. The smallest absolute Gasteiger partial charge is 0.321 e. The number of thiophene rings is 1. The van der Waals surface area contributed by atoms with Gasteiger partial charge in [0.15, 0.2) is 45.2 Å². The van der Waals surface area contributed by atoms with Crippen molar-refractivity contribution < 1.29 is 14.3 Å². The van der Waals surface area contributed by atoms with E-state index in [1.807, 2.05) is 159 Å². The Morgan fingerprint density at radius 1 is 0.738 bits per heavy atom. The van der Waals surface area contributed by atoms with Crippen molar-refractivity contribution in [3.05, 3.63) is 254 Å². The zero-order valence-corrected chi connectivity index (χ0v) is 72.2. The second kappa shape index (κ2) is 40.3. The lowest BCUT2D eigenvalue weighted by molar-refractivity contribution is -0.119. The lowest BCUT2D eigenvalue weighted by Gasteiger charge is -2.36. The number of hydrogen-bond acceptors (Lipinski definition) is 23. The molecule has 2 saturated heterocycles. The highest BCUT2D eigenvalue weighted by atomic mass is 35.5. The number of urea groups is 1. The van der Waals surface area contributed by atoms with Gasteiger partial charge in [0, 0.05) is 84.5 Å². The van der Waals surface area contributed by atoms with Crippen molar-refractivity contribution in [3.8, 4) is 44.5 Å². The quantitative estimate of drug-likeness (QED) is 0.0465. The normalized spacial score (nSPS) is 14.1. The molecule has 28 nitrogen and oxygen atoms in total. The Morgan fingerprint density at radius 3 is 2.26 bits per heavy atom. The fourth-order valence-corrected chi connectivity index (χ4v) is 17.5. The number of aromatic nitrogens is 15. The average molecular weight is 1770 g/mol. The summed E-state index contributed by atoms with van der Waals surface area (Å²) in [6.07, 6.45) is 18.1. The van der Waals surface area contributed by atoms with Crippen molar-refractivity contribution in [2.45, 2.75) is 122 Å². The number of nitrogens with zero attached hydrogens (tertiary/aromatic N) is 18. The van der Waals surface area contributed by atoms with Crippen molar-refractivity contribution in [2.24, 2.45) is 10.4 Å². The van der Waals surface area contributed by atoms with Crippen LogP contribution in [0.4, 0.5) is 33.3 Å². The molecule has 4 aliphatic rings. The summed E-state index contributed by atoms with van der Waals surface area (Å²) in [5.41, 5.74) is 29.1.